The fourth-order valence-electron chi connectivity index (χ4n) is 0.895. The van der Waals surface area contributed by atoms with Gasteiger partial charge in [-0.2, -0.15) is 0 Å². The first-order chi connectivity index (χ1) is 6.65. The van der Waals surface area contributed by atoms with Crippen molar-refractivity contribution in [2.45, 2.75) is 6.04 Å². The second-order valence-corrected chi connectivity index (χ2v) is 3.22. The van der Waals surface area contributed by atoms with Gasteiger partial charge in [0, 0.05) is 6.54 Å². The van der Waals surface area contributed by atoms with Gasteiger partial charge in [0.15, 0.2) is 0 Å². The lowest BCUT2D eigenvalue weighted by Crippen LogP contribution is -2.41. The molecule has 0 saturated carbocycles. The van der Waals surface area contributed by atoms with Gasteiger partial charge in [0.05, 0.1) is 16.8 Å². The lowest BCUT2D eigenvalue weighted by atomic mass is 10.2. The first-order valence-electron chi connectivity index (χ1n) is 4.16. The van der Waals surface area contributed by atoms with E-state index in [4.69, 9.17) is 23.1 Å². The lowest BCUT2D eigenvalue weighted by Gasteiger charge is -2.10. The summed E-state index contributed by atoms with van der Waals surface area (Å²) in [5.41, 5.74) is 11.2. The molecule has 0 spiro atoms. The van der Waals surface area contributed by atoms with E-state index in [9.17, 15) is 4.79 Å². The van der Waals surface area contributed by atoms with Crippen molar-refractivity contribution < 1.29 is 4.79 Å². The van der Waals surface area contributed by atoms with Crippen LogP contribution in [0.1, 0.15) is 0 Å². The monoisotopic (exact) mass is 213 g/mol. The molecule has 0 unspecified atom stereocenters. The minimum absolute atomic E-state index is 0.107. The average molecular weight is 214 g/mol. The molecule has 1 aromatic carbocycles. The molecule has 1 rings (SSSR count). The largest absolute Gasteiger partial charge is 0.328 e. The minimum atomic E-state index is -0.703. The molecule has 1 amide bonds. The molecule has 5 heteroatoms. The van der Waals surface area contributed by atoms with Gasteiger partial charge in [0.1, 0.15) is 0 Å². The fourth-order valence-corrected chi connectivity index (χ4v) is 1.08. The third kappa shape index (κ3) is 2.70. The maximum absolute atomic E-state index is 11.3. The zero-order valence-electron chi connectivity index (χ0n) is 7.53. The summed E-state index contributed by atoms with van der Waals surface area (Å²) in [6.07, 6.45) is 0. The zero-order valence-corrected chi connectivity index (χ0v) is 8.29. The molecule has 1 atom stereocenters. The first kappa shape index (κ1) is 11.0. The van der Waals surface area contributed by atoms with Gasteiger partial charge in [0.2, 0.25) is 5.91 Å². The number of carbonyl (C=O) groups is 1. The van der Waals surface area contributed by atoms with Crippen LogP contribution in [0.4, 0.5) is 5.69 Å². The van der Waals surface area contributed by atoms with Crippen molar-refractivity contribution in [1.29, 1.82) is 0 Å². The van der Waals surface area contributed by atoms with E-state index in [0.29, 0.717) is 10.7 Å². The van der Waals surface area contributed by atoms with E-state index in [1.165, 1.54) is 0 Å². The molecule has 1 aromatic rings. The summed E-state index contributed by atoms with van der Waals surface area (Å²) < 4.78 is 0. The van der Waals surface area contributed by atoms with E-state index < -0.39 is 6.04 Å². The van der Waals surface area contributed by atoms with Crippen molar-refractivity contribution in [2.75, 3.05) is 11.9 Å². The lowest BCUT2D eigenvalue weighted by molar-refractivity contribution is -0.117. The number of hydrogen-bond acceptors (Lipinski definition) is 3. The molecule has 0 heterocycles. The number of amides is 1. The van der Waals surface area contributed by atoms with Crippen molar-refractivity contribution in [3.63, 3.8) is 0 Å². The summed E-state index contributed by atoms with van der Waals surface area (Å²) in [4.78, 5) is 11.3. The van der Waals surface area contributed by atoms with Gasteiger partial charge in [-0.05, 0) is 12.1 Å². The molecule has 0 bridgehead atoms. The standard InChI is InChI=1S/C9H12ClN3O/c10-6-3-1-2-4-8(6)13-9(14)7(12)5-11/h1-4,7H,5,11-12H2,(H,13,14)/t7-/m1/s1. The van der Waals surface area contributed by atoms with Gasteiger partial charge in [-0.15, -0.1) is 0 Å². The topological polar surface area (TPSA) is 81.1 Å². The van der Waals surface area contributed by atoms with E-state index in [2.05, 4.69) is 5.32 Å². The number of halogens is 1. The average Bonchev–Trinajstić information content (AvgIpc) is 2.20. The van der Waals surface area contributed by atoms with E-state index in [0.717, 1.165) is 0 Å². The Balaban J connectivity index is 2.70. The molecular weight excluding hydrogens is 202 g/mol. The van der Waals surface area contributed by atoms with E-state index >= 15 is 0 Å². The second-order valence-electron chi connectivity index (χ2n) is 2.81. The summed E-state index contributed by atoms with van der Waals surface area (Å²) in [5.74, 6) is -0.333. The summed E-state index contributed by atoms with van der Waals surface area (Å²) >= 11 is 5.83. The normalized spacial score (nSPS) is 12.2. The van der Waals surface area contributed by atoms with Crippen LogP contribution in [0.2, 0.25) is 5.02 Å². The van der Waals surface area contributed by atoms with Crippen LogP contribution < -0.4 is 16.8 Å². The van der Waals surface area contributed by atoms with Gasteiger partial charge in [0.25, 0.3) is 0 Å². The Bertz CT molecular complexity index is 330. The molecule has 4 nitrogen and oxygen atoms in total. The van der Waals surface area contributed by atoms with Gasteiger partial charge < -0.3 is 16.8 Å². The number of nitrogens with two attached hydrogens (primary N) is 2. The van der Waals surface area contributed by atoms with Crippen molar-refractivity contribution in [3.8, 4) is 0 Å². The highest BCUT2D eigenvalue weighted by atomic mass is 35.5. The van der Waals surface area contributed by atoms with Crippen LogP contribution in [0, 0.1) is 0 Å². The van der Waals surface area contributed by atoms with Crippen LogP contribution in [0.25, 0.3) is 0 Å². The number of carbonyl (C=O) groups excluding carboxylic acids is 1. The maximum atomic E-state index is 11.3. The number of rotatable bonds is 3. The molecule has 5 N–H and O–H groups in total. The third-order valence-corrected chi connectivity index (χ3v) is 2.05. The number of para-hydroxylation sites is 1. The van der Waals surface area contributed by atoms with Crippen LogP contribution >= 0.6 is 11.6 Å². The van der Waals surface area contributed by atoms with Gasteiger partial charge in [-0.1, -0.05) is 23.7 Å². The number of anilines is 1. The quantitative estimate of drug-likeness (QED) is 0.687. The van der Waals surface area contributed by atoms with Crippen LogP contribution in [-0.4, -0.2) is 18.5 Å². The van der Waals surface area contributed by atoms with Gasteiger partial charge in [-0.25, -0.2) is 0 Å². The molecule has 0 radical (unpaired) electrons. The van der Waals surface area contributed by atoms with Crippen LogP contribution in [0.5, 0.6) is 0 Å². The molecule has 0 aliphatic rings. The van der Waals surface area contributed by atoms with Crippen molar-refractivity contribution in [2.24, 2.45) is 11.5 Å². The summed E-state index contributed by atoms with van der Waals surface area (Å²) in [7, 11) is 0. The number of benzene rings is 1. The van der Waals surface area contributed by atoms with E-state index in [1.54, 1.807) is 24.3 Å². The summed E-state index contributed by atoms with van der Waals surface area (Å²) in [5, 5.41) is 3.06. The molecular formula is C9H12ClN3O. The van der Waals surface area contributed by atoms with Crippen molar-refractivity contribution in [1.82, 2.24) is 0 Å². The Labute approximate surface area is 87.2 Å². The Morgan fingerprint density at radius 3 is 2.71 bits per heavy atom. The molecule has 0 aliphatic carbocycles. The SMILES string of the molecule is NC[C@@H](N)C(=O)Nc1ccccc1Cl. The second kappa shape index (κ2) is 4.95. The maximum Gasteiger partial charge on any atom is 0.242 e. The van der Waals surface area contributed by atoms with E-state index in [-0.39, 0.29) is 12.5 Å². The van der Waals surface area contributed by atoms with Crippen molar-refractivity contribution >= 4 is 23.2 Å². The molecule has 14 heavy (non-hydrogen) atoms. The van der Waals surface area contributed by atoms with E-state index in [1.807, 2.05) is 0 Å². The van der Waals surface area contributed by atoms with Gasteiger partial charge >= 0.3 is 0 Å². The highest BCUT2D eigenvalue weighted by Crippen LogP contribution is 2.20. The third-order valence-electron chi connectivity index (χ3n) is 1.72. The van der Waals surface area contributed by atoms with Crippen LogP contribution in [0.15, 0.2) is 24.3 Å². The van der Waals surface area contributed by atoms with Crippen molar-refractivity contribution in [3.05, 3.63) is 29.3 Å². The number of nitrogens with one attached hydrogen (secondary N) is 1. The number of hydrogen-bond donors (Lipinski definition) is 3. The highest BCUT2D eigenvalue weighted by molar-refractivity contribution is 6.33. The molecule has 76 valence electrons. The summed E-state index contributed by atoms with van der Waals surface area (Å²) in [6, 6.07) is 6.23. The highest BCUT2D eigenvalue weighted by Gasteiger charge is 2.12. The molecule has 0 aliphatic heterocycles. The Morgan fingerprint density at radius 2 is 2.14 bits per heavy atom. The van der Waals surface area contributed by atoms with Crippen LogP contribution in [-0.2, 0) is 4.79 Å². The fraction of sp³-hybridized carbons (Fsp3) is 0.222. The summed E-state index contributed by atoms with van der Waals surface area (Å²) in [6.45, 7) is 0.107. The Hall–Kier alpha value is -1.10. The molecule has 0 saturated heterocycles. The van der Waals surface area contributed by atoms with Crippen LogP contribution in [0.3, 0.4) is 0 Å². The van der Waals surface area contributed by atoms with Gasteiger partial charge in [-0.3, -0.25) is 4.79 Å². The Kier molecular flexibility index (Phi) is 3.88. The predicted octanol–water partition coefficient (Wildman–Crippen LogP) is 0.565. The molecule has 0 fully saturated rings. The molecule has 0 aromatic heterocycles. The predicted molar refractivity (Wildman–Crippen MR) is 57.1 cm³/mol. The Morgan fingerprint density at radius 1 is 1.50 bits per heavy atom. The minimum Gasteiger partial charge on any atom is -0.328 e. The zero-order chi connectivity index (χ0) is 10.6. The first-order valence-corrected chi connectivity index (χ1v) is 4.54. The smallest absolute Gasteiger partial charge is 0.242 e.